The highest BCUT2D eigenvalue weighted by Gasteiger charge is 2.29. The van der Waals surface area contributed by atoms with Gasteiger partial charge in [0.15, 0.2) is 0 Å². The zero-order valence-corrected chi connectivity index (χ0v) is 19.6. The molecule has 0 spiro atoms. The monoisotopic (exact) mass is 455 g/mol. The van der Waals surface area contributed by atoms with Crippen molar-refractivity contribution < 1.29 is 9.53 Å². The molecule has 170 valence electrons. The maximum absolute atomic E-state index is 13.6. The Hall–Kier alpha value is -2.70. The molecule has 1 unspecified atom stereocenters. The Morgan fingerprint density at radius 1 is 1.16 bits per heavy atom. The van der Waals surface area contributed by atoms with Gasteiger partial charge < -0.3 is 9.64 Å². The summed E-state index contributed by atoms with van der Waals surface area (Å²) in [6, 6.07) is 14.0. The van der Waals surface area contributed by atoms with E-state index >= 15 is 0 Å². The fourth-order valence-electron chi connectivity index (χ4n) is 3.99. The standard InChI is InChI=1S/C25H30ClN3O3/c1-4-15-29-23(27-21-14-9-7-12-19(21)25(29)31)22(5-2)28(16-10-17-32-3)24(30)18-11-6-8-13-20(18)26/h6-9,11-14,22H,4-5,10,15-17H2,1-3H3. The van der Waals surface area contributed by atoms with Gasteiger partial charge in [-0.25, -0.2) is 4.98 Å². The predicted octanol–water partition coefficient (Wildman–Crippen LogP) is 5.09. The Bertz CT molecular complexity index is 1130. The maximum atomic E-state index is 13.6. The van der Waals surface area contributed by atoms with E-state index in [2.05, 4.69) is 0 Å². The van der Waals surface area contributed by atoms with Gasteiger partial charge >= 0.3 is 0 Å². The third kappa shape index (κ3) is 5.03. The van der Waals surface area contributed by atoms with Gasteiger partial charge in [-0.15, -0.1) is 0 Å². The molecule has 0 aliphatic carbocycles. The molecule has 0 N–H and O–H groups in total. The first-order valence-corrected chi connectivity index (χ1v) is 11.4. The molecule has 0 aliphatic heterocycles. The van der Waals surface area contributed by atoms with Gasteiger partial charge in [-0.3, -0.25) is 14.2 Å². The van der Waals surface area contributed by atoms with E-state index < -0.39 is 0 Å². The molecule has 3 aromatic rings. The van der Waals surface area contributed by atoms with Gasteiger partial charge in [-0.05, 0) is 43.5 Å². The fraction of sp³-hybridized carbons (Fsp3) is 0.400. The minimum Gasteiger partial charge on any atom is -0.385 e. The number of carbonyl (C=O) groups is 1. The molecule has 7 heteroatoms. The van der Waals surface area contributed by atoms with Crippen LogP contribution >= 0.6 is 11.6 Å². The number of amides is 1. The topological polar surface area (TPSA) is 64.4 Å². The normalized spacial score (nSPS) is 12.1. The second-order valence-corrected chi connectivity index (χ2v) is 8.10. The molecule has 0 bridgehead atoms. The predicted molar refractivity (Wildman–Crippen MR) is 128 cm³/mol. The Morgan fingerprint density at radius 2 is 1.88 bits per heavy atom. The van der Waals surface area contributed by atoms with E-state index in [1.165, 1.54) is 0 Å². The van der Waals surface area contributed by atoms with Gasteiger partial charge in [0.25, 0.3) is 11.5 Å². The Balaban J connectivity index is 2.15. The van der Waals surface area contributed by atoms with Crippen molar-refractivity contribution in [2.24, 2.45) is 0 Å². The van der Waals surface area contributed by atoms with Crippen molar-refractivity contribution in [2.75, 3.05) is 20.3 Å². The van der Waals surface area contributed by atoms with E-state index in [1.807, 2.05) is 32.0 Å². The highest BCUT2D eigenvalue weighted by molar-refractivity contribution is 6.33. The van der Waals surface area contributed by atoms with Crippen LogP contribution in [0.1, 0.15) is 55.3 Å². The van der Waals surface area contributed by atoms with Crippen molar-refractivity contribution in [3.63, 3.8) is 0 Å². The third-order valence-electron chi connectivity index (χ3n) is 5.51. The number of fused-ring (bicyclic) bond motifs is 1. The number of hydrogen-bond donors (Lipinski definition) is 0. The molecule has 0 radical (unpaired) electrons. The molecular formula is C25H30ClN3O3. The quantitative estimate of drug-likeness (QED) is 0.399. The van der Waals surface area contributed by atoms with Crippen LogP contribution in [-0.2, 0) is 11.3 Å². The van der Waals surface area contributed by atoms with Crippen LogP contribution < -0.4 is 5.56 Å². The minimum absolute atomic E-state index is 0.0760. The van der Waals surface area contributed by atoms with Crippen molar-refractivity contribution in [1.82, 2.24) is 14.5 Å². The number of benzene rings is 2. The van der Waals surface area contributed by atoms with E-state index in [0.717, 1.165) is 6.42 Å². The fourth-order valence-corrected chi connectivity index (χ4v) is 4.21. The summed E-state index contributed by atoms with van der Waals surface area (Å²) in [6.07, 6.45) is 2.05. The average Bonchev–Trinajstić information content (AvgIpc) is 2.81. The highest BCUT2D eigenvalue weighted by Crippen LogP contribution is 2.28. The summed E-state index contributed by atoms with van der Waals surface area (Å²) in [5.41, 5.74) is 1.00. The zero-order chi connectivity index (χ0) is 23.1. The number of hydrogen-bond acceptors (Lipinski definition) is 4. The smallest absolute Gasteiger partial charge is 0.261 e. The lowest BCUT2D eigenvalue weighted by atomic mass is 10.1. The van der Waals surface area contributed by atoms with Gasteiger partial charge in [0.1, 0.15) is 5.82 Å². The summed E-state index contributed by atoms with van der Waals surface area (Å²) in [6.45, 7) is 5.55. The van der Waals surface area contributed by atoms with Gasteiger partial charge in [0.2, 0.25) is 0 Å². The van der Waals surface area contributed by atoms with Gasteiger partial charge in [-0.1, -0.05) is 49.7 Å². The molecule has 1 heterocycles. The van der Waals surface area contributed by atoms with Crippen LogP contribution in [0.15, 0.2) is 53.3 Å². The molecule has 6 nitrogen and oxygen atoms in total. The molecule has 1 amide bonds. The zero-order valence-electron chi connectivity index (χ0n) is 18.9. The number of carbonyl (C=O) groups excluding carboxylic acids is 1. The first kappa shape index (κ1) is 24.0. The van der Waals surface area contributed by atoms with Crippen molar-refractivity contribution in [1.29, 1.82) is 0 Å². The summed E-state index contributed by atoms with van der Waals surface area (Å²) in [5, 5.41) is 0.990. The number of aromatic nitrogens is 2. The van der Waals surface area contributed by atoms with Crippen LogP contribution in [0.25, 0.3) is 10.9 Å². The van der Waals surface area contributed by atoms with E-state index in [4.69, 9.17) is 21.3 Å². The average molecular weight is 456 g/mol. The van der Waals surface area contributed by atoms with Gasteiger partial charge in [0.05, 0.1) is 27.5 Å². The molecule has 0 saturated carbocycles. The van der Waals surface area contributed by atoms with Gasteiger partial charge in [-0.2, -0.15) is 0 Å². The molecule has 0 saturated heterocycles. The van der Waals surface area contributed by atoms with Crippen molar-refractivity contribution in [2.45, 2.75) is 45.7 Å². The van der Waals surface area contributed by atoms with Crippen molar-refractivity contribution in [3.8, 4) is 0 Å². The molecule has 3 rings (SSSR count). The number of rotatable bonds is 10. The summed E-state index contributed by atoms with van der Waals surface area (Å²) in [4.78, 5) is 33.6. The van der Waals surface area contributed by atoms with Gasteiger partial charge in [0, 0.05) is 26.8 Å². The number of para-hydroxylation sites is 1. The van der Waals surface area contributed by atoms with Crippen LogP contribution in [0.4, 0.5) is 0 Å². The summed E-state index contributed by atoms with van der Waals surface area (Å²) >= 11 is 6.36. The second kappa shape index (κ2) is 11.2. The molecular weight excluding hydrogens is 426 g/mol. The van der Waals surface area contributed by atoms with Crippen LogP contribution in [0.2, 0.25) is 5.02 Å². The maximum Gasteiger partial charge on any atom is 0.261 e. The molecule has 2 aromatic carbocycles. The Kier molecular flexibility index (Phi) is 8.42. The number of halogens is 1. The first-order chi connectivity index (χ1) is 15.5. The van der Waals surface area contributed by atoms with E-state index in [9.17, 15) is 9.59 Å². The molecule has 0 aliphatic rings. The first-order valence-electron chi connectivity index (χ1n) is 11.1. The van der Waals surface area contributed by atoms with E-state index in [-0.39, 0.29) is 17.5 Å². The lowest BCUT2D eigenvalue weighted by Gasteiger charge is -2.32. The lowest BCUT2D eigenvalue weighted by molar-refractivity contribution is 0.0631. The Labute approximate surface area is 193 Å². The van der Waals surface area contributed by atoms with Crippen molar-refractivity contribution >= 4 is 28.4 Å². The van der Waals surface area contributed by atoms with Crippen molar-refractivity contribution in [3.05, 3.63) is 75.3 Å². The number of nitrogens with zero attached hydrogens (tertiary/aromatic N) is 3. The molecule has 1 atom stereocenters. The molecule has 0 fully saturated rings. The highest BCUT2D eigenvalue weighted by atomic mass is 35.5. The minimum atomic E-state index is -0.375. The number of ether oxygens (including phenoxy) is 1. The van der Waals surface area contributed by atoms with Crippen LogP contribution in [-0.4, -0.2) is 40.6 Å². The Morgan fingerprint density at radius 3 is 2.56 bits per heavy atom. The lowest BCUT2D eigenvalue weighted by Crippen LogP contribution is -2.40. The van der Waals surface area contributed by atoms with Crippen LogP contribution in [0.5, 0.6) is 0 Å². The SMILES string of the molecule is CCCn1c(C(CC)N(CCCOC)C(=O)c2ccccc2Cl)nc2ccccc2c1=O. The summed E-state index contributed by atoms with van der Waals surface area (Å²) < 4.78 is 6.95. The number of methoxy groups -OCH3 is 1. The summed E-state index contributed by atoms with van der Waals surface area (Å²) in [5.74, 6) is 0.430. The van der Waals surface area contributed by atoms with Crippen LogP contribution in [0.3, 0.4) is 0 Å². The van der Waals surface area contributed by atoms with E-state index in [1.54, 1.807) is 46.9 Å². The molecule has 1 aromatic heterocycles. The van der Waals surface area contributed by atoms with Crippen LogP contribution in [0, 0.1) is 0 Å². The second-order valence-electron chi connectivity index (χ2n) is 7.69. The third-order valence-corrected chi connectivity index (χ3v) is 5.84. The largest absolute Gasteiger partial charge is 0.385 e. The van der Waals surface area contributed by atoms with E-state index in [0.29, 0.717) is 59.9 Å². The molecule has 32 heavy (non-hydrogen) atoms. The summed E-state index contributed by atoms with van der Waals surface area (Å²) in [7, 11) is 1.64.